The van der Waals surface area contributed by atoms with Crippen molar-refractivity contribution in [3.63, 3.8) is 0 Å². The Morgan fingerprint density at radius 2 is 1.84 bits per heavy atom. The third kappa shape index (κ3) is 3.83. The maximum atomic E-state index is 13.6. The minimum Gasteiger partial charge on any atom is -0.462 e. The van der Waals surface area contributed by atoms with Crippen molar-refractivity contribution in [2.75, 3.05) is 6.61 Å². The number of hydrogen-bond donors (Lipinski definition) is 1. The van der Waals surface area contributed by atoms with E-state index in [4.69, 9.17) is 21.5 Å². The number of esters is 1. The largest absolute Gasteiger partial charge is 0.462 e. The monoisotopic (exact) mass is 474 g/mol. The van der Waals surface area contributed by atoms with E-state index in [-0.39, 0.29) is 17.8 Å². The first-order valence-electron chi connectivity index (χ1n) is 9.35. The number of carbonyl (C=O) groups is 1. The molecule has 4 rings (SSSR count). The number of carbonyl (C=O) groups excluding carboxylic acids is 1. The van der Waals surface area contributed by atoms with Crippen LogP contribution in [0.4, 0.5) is 4.39 Å². The van der Waals surface area contributed by atoms with Crippen LogP contribution in [0.5, 0.6) is 0 Å². The Labute approximate surface area is 187 Å². The van der Waals surface area contributed by atoms with Gasteiger partial charge in [0.25, 0.3) is 10.0 Å². The van der Waals surface area contributed by atoms with E-state index in [1.54, 1.807) is 31.2 Å². The maximum absolute atomic E-state index is 13.6. The van der Waals surface area contributed by atoms with Gasteiger partial charge in [-0.15, -0.1) is 0 Å². The van der Waals surface area contributed by atoms with Gasteiger partial charge in [0.15, 0.2) is 5.65 Å². The van der Waals surface area contributed by atoms with E-state index in [1.165, 1.54) is 35.0 Å². The fourth-order valence-electron chi connectivity index (χ4n) is 3.31. The molecule has 8 nitrogen and oxygen atoms in total. The van der Waals surface area contributed by atoms with E-state index < -0.39 is 26.8 Å². The van der Waals surface area contributed by atoms with E-state index in [2.05, 4.69) is 10.1 Å². The summed E-state index contributed by atoms with van der Waals surface area (Å²) in [5.41, 5.74) is 1.41. The molecular formula is C21H16ClFN4O4S. The van der Waals surface area contributed by atoms with Gasteiger partial charge in [0.1, 0.15) is 11.4 Å². The second kappa shape index (κ2) is 8.30. The van der Waals surface area contributed by atoms with Crippen molar-refractivity contribution in [3.05, 3.63) is 71.1 Å². The lowest BCUT2D eigenvalue weighted by Crippen LogP contribution is -2.17. The zero-order chi connectivity index (χ0) is 23.0. The first-order chi connectivity index (χ1) is 15.2. The van der Waals surface area contributed by atoms with Crippen LogP contribution in [-0.4, -0.2) is 35.6 Å². The molecule has 0 fully saturated rings. The van der Waals surface area contributed by atoms with Gasteiger partial charge in [-0.3, -0.25) is 0 Å². The molecule has 0 unspecified atom stereocenters. The van der Waals surface area contributed by atoms with E-state index in [0.717, 1.165) is 0 Å². The fraction of sp³-hybridized carbons (Fsp3) is 0.0952. The number of rotatable bonds is 5. The van der Waals surface area contributed by atoms with Gasteiger partial charge in [-0.1, -0.05) is 29.8 Å². The summed E-state index contributed by atoms with van der Waals surface area (Å²) in [7, 11) is -4.41. The second-order valence-electron chi connectivity index (χ2n) is 6.69. The molecule has 164 valence electrons. The Kier molecular flexibility index (Phi) is 5.68. The molecule has 0 aliphatic rings. The van der Waals surface area contributed by atoms with Gasteiger partial charge in [-0.2, -0.15) is 5.10 Å². The van der Waals surface area contributed by atoms with Gasteiger partial charge in [0.2, 0.25) is 5.03 Å². The summed E-state index contributed by atoms with van der Waals surface area (Å²) in [6, 6.07) is 12.4. The van der Waals surface area contributed by atoms with E-state index in [0.29, 0.717) is 27.4 Å². The van der Waals surface area contributed by atoms with Crippen molar-refractivity contribution < 1.29 is 22.3 Å². The van der Waals surface area contributed by atoms with Crippen LogP contribution in [0.15, 0.2) is 59.8 Å². The molecule has 0 saturated heterocycles. The number of halogens is 2. The van der Waals surface area contributed by atoms with Crippen LogP contribution >= 0.6 is 11.6 Å². The topological polar surface area (TPSA) is 117 Å². The number of hydrogen-bond acceptors (Lipinski definition) is 6. The molecule has 2 N–H and O–H groups in total. The molecule has 32 heavy (non-hydrogen) atoms. The van der Waals surface area contributed by atoms with Crippen LogP contribution < -0.4 is 5.14 Å². The molecule has 0 radical (unpaired) electrons. The summed E-state index contributed by atoms with van der Waals surface area (Å²) in [6.45, 7) is 1.58. The normalized spacial score (nSPS) is 11.6. The molecule has 0 aliphatic carbocycles. The molecule has 2 aromatic heterocycles. The highest BCUT2D eigenvalue weighted by atomic mass is 35.5. The number of ether oxygens (including phenoxy) is 1. The van der Waals surface area contributed by atoms with Crippen molar-refractivity contribution in [1.29, 1.82) is 0 Å². The van der Waals surface area contributed by atoms with Crippen molar-refractivity contribution >= 4 is 33.2 Å². The van der Waals surface area contributed by atoms with Crippen LogP contribution in [0.25, 0.3) is 28.0 Å². The molecule has 0 spiro atoms. The summed E-state index contributed by atoms with van der Waals surface area (Å²) < 4.78 is 44.2. The molecule has 0 saturated carbocycles. The number of nitrogens with zero attached hydrogens (tertiary/aromatic N) is 3. The predicted molar refractivity (Wildman–Crippen MR) is 116 cm³/mol. The van der Waals surface area contributed by atoms with Crippen LogP contribution in [0.1, 0.15) is 17.3 Å². The van der Waals surface area contributed by atoms with Crippen LogP contribution in [-0.2, 0) is 14.8 Å². The molecule has 0 bridgehead atoms. The molecule has 4 aromatic rings. The lowest BCUT2D eigenvalue weighted by atomic mass is 10.0. The summed E-state index contributed by atoms with van der Waals surface area (Å²) in [4.78, 5) is 16.9. The fourth-order valence-corrected chi connectivity index (χ4v) is 4.20. The molecule has 11 heteroatoms. The number of primary sulfonamides is 1. The highest BCUT2D eigenvalue weighted by Crippen LogP contribution is 2.37. The zero-order valence-electron chi connectivity index (χ0n) is 16.6. The molecule has 0 atom stereocenters. The average molecular weight is 475 g/mol. The van der Waals surface area contributed by atoms with Gasteiger partial charge in [-0.25, -0.2) is 32.2 Å². The van der Waals surface area contributed by atoms with Crippen molar-refractivity contribution in [3.8, 4) is 22.4 Å². The van der Waals surface area contributed by atoms with Gasteiger partial charge in [0.05, 0.1) is 12.3 Å². The quantitative estimate of drug-likeness (QED) is 0.441. The van der Waals surface area contributed by atoms with Gasteiger partial charge >= 0.3 is 5.97 Å². The molecule has 0 aliphatic heterocycles. The third-order valence-corrected chi connectivity index (χ3v) is 5.80. The summed E-state index contributed by atoms with van der Waals surface area (Å²) >= 11 is 6.39. The number of sulfonamides is 1. The van der Waals surface area contributed by atoms with Gasteiger partial charge in [-0.05, 0) is 37.3 Å². The van der Waals surface area contributed by atoms with Crippen LogP contribution in [0.3, 0.4) is 0 Å². The highest BCUT2D eigenvalue weighted by molar-refractivity contribution is 7.89. The van der Waals surface area contributed by atoms with Crippen LogP contribution in [0.2, 0.25) is 5.02 Å². The van der Waals surface area contributed by atoms with E-state index in [9.17, 15) is 17.6 Å². The van der Waals surface area contributed by atoms with Crippen LogP contribution in [0, 0.1) is 5.82 Å². The first-order valence-corrected chi connectivity index (χ1v) is 11.3. The first kappa shape index (κ1) is 21.9. The SMILES string of the molecule is CCOC(=O)c1c(S(N)(=O)=O)nn2c(-c3ccc(F)cc3)c(-c3ccccc3Cl)cnc12. The summed E-state index contributed by atoms with van der Waals surface area (Å²) in [5.74, 6) is -1.40. The summed E-state index contributed by atoms with van der Waals surface area (Å²) in [6.07, 6.45) is 1.44. The Morgan fingerprint density at radius 1 is 1.16 bits per heavy atom. The second-order valence-corrected chi connectivity index (χ2v) is 8.57. The Balaban J connectivity index is 2.16. The minimum atomic E-state index is -4.41. The minimum absolute atomic E-state index is 0.00274. The molecule has 0 amide bonds. The molecular weight excluding hydrogens is 459 g/mol. The van der Waals surface area contributed by atoms with Gasteiger partial charge in [0, 0.05) is 27.9 Å². The van der Waals surface area contributed by atoms with Crippen molar-refractivity contribution in [1.82, 2.24) is 14.6 Å². The molecule has 2 heterocycles. The Hall–Kier alpha value is -3.34. The number of nitrogens with two attached hydrogens (primary N) is 1. The lowest BCUT2D eigenvalue weighted by Gasteiger charge is -2.13. The van der Waals surface area contributed by atoms with E-state index in [1.807, 2.05) is 0 Å². The zero-order valence-corrected chi connectivity index (χ0v) is 18.2. The predicted octanol–water partition coefficient (Wildman–Crippen LogP) is 3.68. The average Bonchev–Trinajstić information content (AvgIpc) is 3.15. The molecule has 2 aromatic carbocycles. The number of aromatic nitrogens is 3. The lowest BCUT2D eigenvalue weighted by molar-refractivity contribution is 0.0524. The highest BCUT2D eigenvalue weighted by Gasteiger charge is 2.31. The standard InChI is InChI=1S/C21H16ClFN4O4S/c1-2-31-21(28)17-19-25-11-15(14-5-3-4-6-16(14)22)18(12-7-9-13(23)10-8-12)27(19)26-20(17)32(24,29)30/h3-11H,2H2,1H3,(H2,24,29,30). The van der Waals surface area contributed by atoms with Gasteiger partial charge < -0.3 is 4.74 Å². The number of benzene rings is 2. The summed E-state index contributed by atoms with van der Waals surface area (Å²) in [5, 5.41) is 9.16. The van der Waals surface area contributed by atoms with E-state index >= 15 is 0 Å². The maximum Gasteiger partial charge on any atom is 0.345 e. The van der Waals surface area contributed by atoms with Crippen molar-refractivity contribution in [2.24, 2.45) is 5.14 Å². The Bertz CT molecular complexity index is 1450. The smallest absolute Gasteiger partial charge is 0.345 e. The van der Waals surface area contributed by atoms with Crippen molar-refractivity contribution in [2.45, 2.75) is 11.9 Å². The number of fused-ring (bicyclic) bond motifs is 1. The third-order valence-electron chi connectivity index (χ3n) is 4.64. The Morgan fingerprint density at radius 3 is 2.47 bits per heavy atom.